The number of likely N-dealkylation sites (N-methyl/N-ethyl adjacent to an activating group) is 1. The number of amides is 1. The Morgan fingerprint density at radius 3 is 1.71 bits per heavy atom. The fourth-order valence-electron chi connectivity index (χ4n) is 2.23. The van der Waals surface area contributed by atoms with Crippen LogP contribution in [-0.2, 0) is 17.1 Å². The lowest BCUT2D eigenvalue weighted by molar-refractivity contribution is -0.143. The van der Waals surface area contributed by atoms with Crippen molar-refractivity contribution in [3.05, 3.63) is 29.3 Å². The number of hydrogen-bond acceptors (Lipinski definition) is 2. The first kappa shape index (κ1) is 24.0. The number of carbonyl (C=O) groups excluding carboxylic acids is 1. The first-order valence-electron chi connectivity index (χ1n) is 8.01. The van der Waals surface area contributed by atoms with E-state index in [1.807, 2.05) is 0 Å². The van der Waals surface area contributed by atoms with Gasteiger partial charge in [0.25, 0.3) is 0 Å². The SMILES string of the molecule is CN(C)C(=O)[C@@H](NC(=S)Nc1cc(C(F)(F)F)cc(C(F)(F)F)c1)C(C)(C)C. The topological polar surface area (TPSA) is 44.4 Å². The first-order valence-corrected chi connectivity index (χ1v) is 8.42. The highest BCUT2D eigenvalue weighted by atomic mass is 32.1. The first-order chi connectivity index (χ1) is 12.4. The van der Waals surface area contributed by atoms with Gasteiger partial charge in [-0.05, 0) is 35.8 Å². The Morgan fingerprint density at radius 1 is 0.964 bits per heavy atom. The molecule has 28 heavy (non-hydrogen) atoms. The average molecular weight is 429 g/mol. The van der Waals surface area contributed by atoms with Gasteiger partial charge in [0.1, 0.15) is 6.04 Å². The number of alkyl halides is 6. The second-order valence-corrected chi connectivity index (χ2v) is 7.83. The van der Waals surface area contributed by atoms with Crippen molar-refractivity contribution in [3.63, 3.8) is 0 Å². The van der Waals surface area contributed by atoms with Crippen LogP contribution in [0.25, 0.3) is 0 Å². The number of rotatable bonds is 3. The number of carbonyl (C=O) groups is 1. The molecule has 1 aromatic rings. The minimum atomic E-state index is -4.97. The van der Waals surface area contributed by atoms with Crippen LogP contribution in [0.2, 0.25) is 0 Å². The molecule has 2 N–H and O–H groups in total. The van der Waals surface area contributed by atoms with Crippen molar-refractivity contribution in [3.8, 4) is 0 Å². The van der Waals surface area contributed by atoms with Crippen LogP contribution in [0.4, 0.5) is 32.0 Å². The third-order valence-corrected chi connectivity index (χ3v) is 3.89. The van der Waals surface area contributed by atoms with E-state index >= 15 is 0 Å². The lowest BCUT2D eigenvalue weighted by atomic mass is 9.86. The van der Waals surface area contributed by atoms with Gasteiger partial charge < -0.3 is 15.5 Å². The van der Waals surface area contributed by atoms with E-state index in [0.29, 0.717) is 12.1 Å². The van der Waals surface area contributed by atoms with Crippen LogP contribution in [0.5, 0.6) is 0 Å². The van der Waals surface area contributed by atoms with E-state index in [-0.39, 0.29) is 17.1 Å². The van der Waals surface area contributed by atoms with Crippen molar-refractivity contribution in [1.29, 1.82) is 0 Å². The number of benzene rings is 1. The van der Waals surface area contributed by atoms with E-state index in [0.717, 1.165) is 0 Å². The summed E-state index contributed by atoms with van der Waals surface area (Å²) in [5.74, 6) is -0.350. The standard InChI is InChI=1S/C17H21F6N3OS/c1-15(2,3)12(13(27)26(4)5)25-14(28)24-11-7-9(16(18,19)20)6-10(8-11)17(21,22)23/h6-8,12H,1-5H3,(H2,24,25,28)/t12-/m1/s1. The van der Waals surface area contributed by atoms with Crippen molar-refractivity contribution in [2.75, 3.05) is 19.4 Å². The number of thiocarbonyl (C=S) groups is 1. The summed E-state index contributed by atoms with van der Waals surface area (Å²) in [4.78, 5) is 13.6. The maximum atomic E-state index is 12.9. The Bertz CT molecular complexity index is 706. The third kappa shape index (κ3) is 6.54. The van der Waals surface area contributed by atoms with E-state index in [1.165, 1.54) is 19.0 Å². The van der Waals surface area contributed by atoms with Crippen molar-refractivity contribution in [2.24, 2.45) is 5.41 Å². The maximum Gasteiger partial charge on any atom is 0.416 e. The molecule has 0 bridgehead atoms. The number of anilines is 1. The molecule has 0 aliphatic rings. The van der Waals surface area contributed by atoms with Gasteiger partial charge >= 0.3 is 12.4 Å². The molecule has 1 atom stereocenters. The Kier molecular flexibility index (Phi) is 6.98. The minimum Gasteiger partial charge on any atom is -0.350 e. The molecule has 0 aromatic heterocycles. The maximum absolute atomic E-state index is 12.9. The Balaban J connectivity index is 3.18. The molecule has 1 amide bonds. The van der Waals surface area contributed by atoms with Crippen LogP contribution in [0.3, 0.4) is 0 Å². The summed E-state index contributed by atoms with van der Waals surface area (Å²) in [7, 11) is 3.03. The molecule has 1 rings (SSSR count). The Labute approximate surface area is 164 Å². The van der Waals surface area contributed by atoms with Crippen LogP contribution in [0.1, 0.15) is 31.9 Å². The number of nitrogens with one attached hydrogen (secondary N) is 2. The summed E-state index contributed by atoms with van der Waals surface area (Å²) in [5, 5.41) is 4.71. The predicted molar refractivity (Wildman–Crippen MR) is 97.7 cm³/mol. The highest BCUT2D eigenvalue weighted by molar-refractivity contribution is 7.80. The monoisotopic (exact) mass is 429 g/mol. The molecule has 0 aliphatic heterocycles. The average Bonchev–Trinajstić information content (AvgIpc) is 2.48. The van der Waals surface area contributed by atoms with Crippen LogP contribution in [0, 0.1) is 5.41 Å². The quantitative estimate of drug-likeness (QED) is 0.548. The van der Waals surface area contributed by atoms with E-state index in [1.54, 1.807) is 20.8 Å². The fourth-order valence-corrected chi connectivity index (χ4v) is 2.47. The zero-order valence-corrected chi connectivity index (χ0v) is 16.7. The number of halogens is 6. The van der Waals surface area contributed by atoms with Crippen molar-refractivity contribution < 1.29 is 31.1 Å². The molecule has 0 saturated carbocycles. The van der Waals surface area contributed by atoms with E-state index in [9.17, 15) is 31.1 Å². The van der Waals surface area contributed by atoms with Gasteiger partial charge in [-0.15, -0.1) is 0 Å². The van der Waals surface area contributed by atoms with Crippen LogP contribution >= 0.6 is 12.2 Å². The smallest absolute Gasteiger partial charge is 0.350 e. The lowest BCUT2D eigenvalue weighted by Crippen LogP contribution is -2.54. The Morgan fingerprint density at radius 2 is 1.39 bits per heavy atom. The van der Waals surface area contributed by atoms with E-state index < -0.39 is 40.6 Å². The summed E-state index contributed by atoms with van der Waals surface area (Å²) < 4.78 is 77.6. The molecular formula is C17H21F6N3OS. The molecule has 11 heteroatoms. The molecule has 0 radical (unpaired) electrons. The summed E-state index contributed by atoms with van der Waals surface area (Å²) in [6.07, 6.45) is -9.94. The molecule has 0 aliphatic carbocycles. The normalized spacial score (nSPS) is 13.7. The van der Waals surface area contributed by atoms with Gasteiger partial charge in [0.2, 0.25) is 5.91 Å². The molecule has 0 unspecified atom stereocenters. The van der Waals surface area contributed by atoms with Crippen LogP contribution in [-0.4, -0.2) is 36.1 Å². The molecule has 0 spiro atoms. The largest absolute Gasteiger partial charge is 0.416 e. The summed E-state index contributed by atoms with van der Waals surface area (Å²) in [6.45, 7) is 5.21. The highest BCUT2D eigenvalue weighted by Gasteiger charge is 2.37. The number of nitrogens with zero attached hydrogens (tertiary/aromatic N) is 1. The fraction of sp³-hybridized carbons (Fsp3) is 0.529. The van der Waals surface area contributed by atoms with Gasteiger partial charge in [-0.2, -0.15) is 26.3 Å². The summed E-state index contributed by atoms with van der Waals surface area (Å²) in [6, 6.07) is 0.205. The number of hydrogen-bond donors (Lipinski definition) is 2. The molecule has 0 saturated heterocycles. The molecule has 158 valence electrons. The molecule has 1 aromatic carbocycles. The van der Waals surface area contributed by atoms with Crippen molar-refractivity contribution in [1.82, 2.24) is 10.2 Å². The lowest BCUT2D eigenvalue weighted by Gasteiger charge is -2.33. The molecule has 0 heterocycles. The second-order valence-electron chi connectivity index (χ2n) is 7.42. The minimum absolute atomic E-state index is 0.0230. The van der Waals surface area contributed by atoms with Gasteiger partial charge in [0, 0.05) is 19.8 Å². The highest BCUT2D eigenvalue weighted by Crippen LogP contribution is 2.37. The van der Waals surface area contributed by atoms with Gasteiger partial charge in [-0.3, -0.25) is 4.79 Å². The van der Waals surface area contributed by atoms with Crippen LogP contribution in [0.15, 0.2) is 18.2 Å². The summed E-state index contributed by atoms with van der Waals surface area (Å²) in [5.41, 5.74) is -4.06. The second kappa shape index (κ2) is 8.14. The van der Waals surface area contributed by atoms with Gasteiger partial charge in [-0.1, -0.05) is 20.8 Å². The van der Waals surface area contributed by atoms with Gasteiger partial charge in [-0.25, -0.2) is 0 Å². The zero-order chi connectivity index (χ0) is 22.1. The molecule has 0 fully saturated rings. The summed E-state index contributed by atoms with van der Waals surface area (Å²) >= 11 is 5.00. The van der Waals surface area contributed by atoms with Crippen molar-refractivity contribution in [2.45, 2.75) is 39.2 Å². The third-order valence-electron chi connectivity index (χ3n) is 3.67. The van der Waals surface area contributed by atoms with Crippen LogP contribution < -0.4 is 10.6 Å². The Hall–Kier alpha value is -2.04. The van der Waals surface area contributed by atoms with Gasteiger partial charge in [0.05, 0.1) is 11.1 Å². The predicted octanol–water partition coefficient (Wildman–Crippen LogP) is 4.51. The van der Waals surface area contributed by atoms with Crippen molar-refractivity contribution >= 4 is 28.9 Å². The van der Waals surface area contributed by atoms with E-state index in [4.69, 9.17) is 12.2 Å². The van der Waals surface area contributed by atoms with Gasteiger partial charge in [0.15, 0.2) is 5.11 Å². The molecule has 4 nitrogen and oxygen atoms in total. The molecular weight excluding hydrogens is 408 g/mol. The zero-order valence-electron chi connectivity index (χ0n) is 15.8. The van der Waals surface area contributed by atoms with E-state index in [2.05, 4.69) is 10.6 Å².